The maximum Gasteiger partial charge on any atom is 0.212 e. The summed E-state index contributed by atoms with van der Waals surface area (Å²) in [5.74, 6) is 2.39. The fraction of sp³-hybridized carbons (Fsp3) is 0.500. The van der Waals surface area contributed by atoms with E-state index < -0.39 is 0 Å². The van der Waals surface area contributed by atoms with E-state index >= 15 is 0 Å². The number of ether oxygens (including phenoxy) is 1. The standard InChI is InChI=1S/C16H24N4O/c1-4-6-10-20-13(7-5-2)19-15(16(20)17)12-8-9-14(21-3)18-11-12/h8-9,11H,4-7,10,17H2,1-3H3. The molecule has 2 N–H and O–H groups in total. The zero-order valence-electron chi connectivity index (χ0n) is 13.1. The van der Waals surface area contributed by atoms with Crippen molar-refractivity contribution in [3.8, 4) is 17.1 Å². The molecule has 0 fully saturated rings. The third-order valence-corrected chi connectivity index (χ3v) is 3.51. The number of imidazole rings is 1. The normalized spacial score (nSPS) is 10.8. The number of nitrogen functional groups attached to an aromatic ring is 1. The van der Waals surface area contributed by atoms with Gasteiger partial charge in [-0.2, -0.15) is 0 Å². The molecule has 0 saturated carbocycles. The molecule has 0 amide bonds. The highest BCUT2D eigenvalue weighted by atomic mass is 16.5. The first-order chi connectivity index (χ1) is 10.2. The Morgan fingerprint density at radius 1 is 1.24 bits per heavy atom. The van der Waals surface area contributed by atoms with Gasteiger partial charge in [0.05, 0.1) is 7.11 Å². The molecule has 0 spiro atoms. The van der Waals surface area contributed by atoms with Crippen LogP contribution in [0.1, 0.15) is 38.9 Å². The number of pyridine rings is 1. The van der Waals surface area contributed by atoms with E-state index in [9.17, 15) is 0 Å². The van der Waals surface area contributed by atoms with Crippen LogP contribution in [0.3, 0.4) is 0 Å². The van der Waals surface area contributed by atoms with E-state index in [0.717, 1.165) is 55.1 Å². The molecule has 0 aliphatic heterocycles. The summed E-state index contributed by atoms with van der Waals surface area (Å²) in [4.78, 5) is 8.97. The van der Waals surface area contributed by atoms with E-state index in [1.54, 1.807) is 13.3 Å². The topological polar surface area (TPSA) is 66.0 Å². The Labute approximate surface area is 126 Å². The van der Waals surface area contributed by atoms with Gasteiger partial charge in [-0.1, -0.05) is 20.3 Å². The Bertz CT molecular complexity index is 575. The third kappa shape index (κ3) is 3.35. The number of methoxy groups -OCH3 is 1. The first kappa shape index (κ1) is 15.4. The molecule has 2 aromatic rings. The van der Waals surface area contributed by atoms with E-state index in [1.165, 1.54) is 0 Å². The molecule has 114 valence electrons. The molecular formula is C16H24N4O. The van der Waals surface area contributed by atoms with Crippen LogP contribution in [0, 0.1) is 0 Å². The highest BCUT2D eigenvalue weighted by Gasteiger charge is 2.15. The van der Waals surface area contributed by atoms with Crippen LogP contribution in [-0.4, -0.2) is 21.6 Å². The summed E-state index contributed by atoms with van der Waals surface area (Å²) in [6, 6.07) is 3.78. The Morgan fingerprint density at radius 3 is 2.62 bits per heavy atom. The summed E-state index contributed by atoms with van der Waals surface area (Å²) in [5, 5.41) is 0. The number of rotatable bonds is 7. The van der Waals surface area contributed by atoms with Crippen molar-refractivity contribution in [3.05, 3.63) is 24.2 Å². The van der Waals surface area contributed by atoms with E-state index in [1.807, 2.05) is 12.1 Å². The van der Waals surface area contributed by atoms with E-state index in [4.69, 9.17) is 15.5 Å². The lowest BCUT2D eigenvalue weighted by atomic mass is 10.2. The minimum atomic E-state index is 0.594. The molecule has 0 aromatic carbocycles. The maximum absolute atomic E-state index is 6.32. The highest BCUT2D eigenvalue weighted by Crippen LogP contribution is 2.27. The van der Waals surface area contributed by atoms with Crippen molar-refractivity contribution in [2.24, 2.45) is 0 Å². The highest BCUT2D eigenvalue weighted by molar-refractivity contribution is 5.70. The maximum atomic E-state index is 6.32. The van der Waals surface area contributed by atoms with Gasteiger partial charge in [0.15, 0.2) is 0 Å². The molecule has 0 unspecified atom stereocenters. The van der Waals surface area contributed by atoms with E-state index in [-0.39, 0.29) is 0 Å². The Balaban J connectivity index is 2.37. The van der Waals surface area contributed by atoms with E-state index in [2.05, 4.69) is 23.4 Å². The molecule has 0 bridgehead atoms. The van der Waals surface area contributed by atoms with Gasteiger partial charge >= 0.3 is 0 Å². The minimum absolute atomic E-state index is 0.594. The molecule has 21 heavy (non-hydrogen) atoms. The van der Waals surface area contributed by atoms with Crippen molar-refractivity contribution in [2.45, 2.75) is 46.1 Å². The minimum Gasteiger partial charge on any atom is -0.481 e. The summed E-state index contributed by atoms with van der Waals surface area (Å²) in [6.45, 7) is 5.26. The van der Waals surface area contributed by atoms with Crippen LogP contribution >= 0.6 is 0 Å². The van der Waals surface area contributed by atoms with Crippen molar-refractivity contribution in [3.63, 3.8) is 0 Å². The third-order valence-electron chi connectivity index (χ3n) is 3.51. The lowest BCUT2D eigenvalue weighted by Crippen LogP contribution is -2.07. The summed E-state index contributed by atoms with van der Waals surface area (Å²) >= 11 is 0. The number of unbranched alkanes of at least 4 members (excludes halogenated alkanes) is 1. The average molecular weight is 288 g/mol. The Morgan fingerprint density at radius 2 is 2.05 bits per heavy atom. The summed E-state index contributed by atoms with van der Waals surface area (Å²) in [7, 11) is 1.61. The first-order valence-corrected chi connectivity index (χ1v) is 7.56. The number of nitrogens with zero attached hydrogens (tertiary/aromatic N) is 3. The lowest BCUT2D eigenvalue weighted by Gasteiger charge is -2.08. The van der Waals surface area contributed by atoms with Crippen LogP contribution in [-0.2, 0) is 13.0 Å². The molecule has 0 aliphatic carbocycles. The van der Waals surface area contributed by atoms with E-state index in [0.29, 0.717) is 5.88 Å². The zero-order chi connectivity index (χ0) is 15.2. The first-order valence-electron chi connectivity index (χ1n) is 7.56. The average Bonchev–Trinajstić information content (AvgIpc) is 2.82. The van der Waals surface area contributed by atoms with Crippen LogP contribution in [0.25, 0.3) is 11.3 Å². The second-order valence-corrected chi connectivity index (χ2v) is 5.11. The van der Waals surface area contributed by atoms with Gasteiger partial charge in [0.2, 0.25) is 5.88 Å². The number of aromatic nitrogens is 3. The molecule has 2 rings (SSSR count). The van der Waals surface area contributed by atoms with Crippen molar-refractivity contribution < 1.29 is 4.74 Å². The van der Waals surface area contributed by atoms with Crippen molar-refractivity contribution in [2.75, 3.05) is 12.8 Å². The van der Waals surface area contributed by atoms with Gasteiger partial charge < -0.3 is 15.0 Å². The van der Waals surface area contributed by atoms with Gasteiger partial charge in [-0.25, -0.2) is 9.97 Å². The molecule has 2 heterocycles. The Hall–Kier alpha value is -2.04. The number of hydrogen-bond acceptors (Lipinski definition) is 4. The van der Waals surface area contributed by atoms with Gasteiger partial charge in [0, 0.05) is 30.8 Å². The second-order valence-electron chi connectivity index (χ2n) is 5.11. The van der Waals surface area contributed by atoms with Crippen LogP contribution in [0.4, 0.5) is 5.82 Å². The SMILES string of the molecule is CCCCn1c(CCC)nc(-c2ccc(OC)nc2)c1N. The van der Waals surface area contributed by atoms with Gasteiger partial charge in [-0.05, 0) is 18.9 Å². The predicted molar refractivity (Wildman–Crippen MR) is 85.3 cm³/mol. The molecule has 5 heteroatoms. The molecule has 2 aromatic heterocycles. The van der Waals surface area contributed by atoms with Crippen LogP contribution in [0.5, 0.6) is 5.88 Å². The summed E-state index contributed by atoms with van der Waals surface area (Å²) < 4.78 is 7.23. The quantitative estimate of drug-likeness (QED) is 0.849. The van der Waals surface area contributed by atoms with Crippen LogP contribution < -0.4 is 10.5 Å². The number of anilines is 1. The molecule has 0 saturated heterocycles. The van der Waals surface area contributed by atoms with Crippen LogP contribution in [0.2, 0.25) is 0 Å². The largest absolute Gasteiger partial charge is 0.481 e. The molecule has 0 atom stereocenters. The molecule has 5 nitrogen and oxygen atoms in total. The van der Waals surface area contributed by atoms with Crippen molar-refractivity contribution in [1.29, 1.82) is 0 Å². The molecular weight excluding hydrogens is 264 g/mol. The lowest BCUT2D eigenvalue weighted by molar-refractivity contribution is 0.398. The Kier molecular flexibility index (Phi) is 5.20. The number of hydrogen-bond donors (Lipinski definition) is 1. The van der Waals surface area contributed by atoms with Gasteiger partial charge in [0.25, 0.3) is 0 Å². The summed E-state index contributed by atoms with van der Waals surface area (Å²) in [5.41, 5.74) is 8.07. The molecule has 0 aliphatic rings. The monoisotopic (exact) mass is 288 g/mol. The smallest absolute Gasteiger partial charge is 0.212 e. The van der Waals surface area contributed by atoms with Gasteiger partial charge in [0.1, 0.15) is 17.3 Å². The molecule has 0 radical (unpaired) electrons. The van der Waals surface area contributed by atoms with Crippen molar-refractivity contribution in [1.82, 2.24) is 14.5 Å². The van der Waals surface area contributed by atoms with Gasteiger partial charge in [-0.3, -0.25) is 0 Å². The number of nitrogens with two attached hydrogens (primary N) is 1. The van der Waals surface area contributed by atoms with Crippen molar-refractivity contribution >= 4 is 5.82 Å². The fourth-order valence-electron chi connectivity index (χ4n) is 2.35. The second kappa shape index (κ2) is 7.11. The van der Waals surface area contributed by atoms with Gasteiger partial charge in [-0.15, -0.1) is 0 Å². The number of aryl methyl sites for hydroxylation is 1. The predicted octanol–water partition coefficient (Wildman–Crippen LogP) is 3.29. The fourth-order valence-corrected chi connectivity index (χ4v) is 2.35. The van der Waals surface area contributed by atoms with Crippen LogP contribution in [0.15, 0.2) is 18.3 Å². The zero-order valence-corrected chi connectivity index (χ0v) is 13.1. The summed E-state index contributed by atoms with van der Waals surface area (Å²) in [6.07, 6.45) is 6.01.